The van der Waals surface area contributed by atoms with Gasteiger partial charge in [0.2, 0.25) is 17.7 Å². The Bertz CT molecular complexity index is 3880. The van der Waals surface area contributed by atoms with Crippen molar-refractivity contribution in [3.63, 3.8) is 0 Å². The second kappa shape index (κ2) is 30.1. The highest BCUT2D eigenvalue weighted by atomic mass is 16.5. The quantitative estimate of drug-likeness (QED) is 0.109. The Morgan fingerprint density at radius 2 is 0.713 bits per heavy atom. The molecule has 2 atom stereocenters. The number of fused-ring (bicyclic) bond motifs is 3. The number of carbonyl (C=O) groups excluding carboxylic acids is 3. The molecule has 14 rings (SSSR count). The smallest absolute Gasteiger partial charge is 0.239 e. The van der Waals surface area contributed by atoms with Gasteiger partial charge < -0.3 is 33.8 Å². The highest BCUT2D eigenvalue weighted by Gasteiger charge is 2.35. The Morgan fingerprint density at radius 3 is 1.00 bits per heavy atom. The van der Waals surface area contributed by atoms with Crippen molar-refractivity contribution in [2.24, 2.45) is 0 Å². The molecule has 5 fully saturated rings. The van der Waals surface area contributed by atoms with Crippen LogP contribution in [0.15, 0.2) is 164 Å². The summed E-state index contributed by atoms with van der Waals surface area (Å²) in [5, 5.41) is 3.49. The molecule has 6 aromatic carbocycles. The Balaban J connectivity index is 0.000000135. The molecular weight excluding hydrogens is 1170 g/mol. The van der Waals surface area contributed by atoms with Gasteiger partial charge in [0.05, 0.1) is 35.2 Å². The molecule has 0 radical (unpaired) electrons. The zero-order valence-electron chi connectivity index (χ0n) is 55.9. The number of aryl methyl sites for hydroxylation is 3. The first-order valence-corrected chi connectivity index (χ1v) is 34.0. The van der Waals surface area contributed by atoms with E-state index in [1.807, 2.05) is 82.6 Å². The van der Waals surface area contributed by atoms with Gasteiger partial charge >= 0.3 is 0 Å². The van der Waals surface area contributed by atoms with Crippen LogP contribution in [0.1, 0.15) is 80.9 Å². The van der Waals surface area contributed by atoms with Crippen LogP contribution in [0.4, 0.5) is 0 Å². The topological polar surface area (TPSA) is 137 Å². The van der Waals surface area contributed by atoms with Gasteiger partial charge in [-0.3, -0.25) is 39.1 Å². The van der Waals surface area contributed by atoms with Crippen LogP contribution < -0.4 is 14.2 Å². The second-order valence-corrected chi connectivity index (χ2v) is 26.5. The van der Waals surface area contributed by atoms with Gasteiger partial charge in [-0.1, -0.05) is 91.0 Å². The minimum atomic E-state index is 0.0776. The van der Waals surface area contributed by atoms with Gasteiger partial charge in [0.1, 0.15) is 35.6 Å². The van der Waals surface area contributed by atoms with Crippen LogP contribution in [-0.4, -0.2) is 180 Å². The standard InChI is InChI=1S/2C27H31N3O2.C25H29N3O2/c2*1-19-24(12-9-21-5-3-15-28-26(19)21)20-7-10-22(11-8-20)32-23-13-17-30(18-14-23)27(31)25-6-4-16-29(25)2;1-18-23(11-8-20-5-4-14-26-25(18)20)19-6-9-21(10-7-19)30-22-12-15-28(16-13-22)24(29)17-27(2)3/h2*3,5,7-12,15,23,25H,4,6,13-14,16-18H2,1-2H3;4-11,14,22H,12-13,15-17H2,1-3H3/t2*25-;/m10./s1. The fraction of sp³-hybridized carbons (Fsp3) is 0.392. The van der Waals surface area contributed by atoms with Crippen LogP contribution in [0.3, 0.4) is 0 Å². The second-order valence-electron chi connectivity index (χ2n) is 26.5. The summed E-state index contributed by atoms with van der Waals surface area (Å²) in [5.41, 5.74) is 13.8. The van der Waals surface area contributed by atoms with E-state index in [1.165, 1.54) is 44.5 Å². The average molecular weight is 1260 g/mol. The third-order valence-electron chi connectivity index (χ3n) is 19.9. The van der Waals surface area contributed by atoms with Gasteiger partial charge in [0.15, 0.2) is 0 Å². The molecule has 3 aromatic heterocycles. The van der Waals surface area contributed by atoms with Gasteiger partial charge in [0, 0.05) is 113 Å². The molecule has 0 spiro atoms. The highest BCUT2D eigenvalue weighted by molar-refractivity contribution is 5.91. The number of piperidine rings is 3. The molecule has 0 N–H and O–H groups in total. The SMILES string of the molecule is Cc1c(-c2ccc(OC3CCN(C(=O)CN(C)C)CC3)cc2)ccc2cccnc12.Cc1c(-c2ccc(OC3CCN(C(=O)[C@@H]4CCCN4C)CC3)cc2)ccc2cccnc12.Cc1c(-c2ccc(OC3CCN(C(=O)[C@H]4CCCN4C)CC3)cc2)ccc2cccnc12. The number of likely N-dealkylation sites (tertiary alicyclic amines) is 5. The predicted molar refractivity (Wildman–Crippen MR) is 376 cm³/mol. The number of benzene rings is 6. The van der Waals surface area contributed by atoms with Gasteiger partial charge in [-0.2, -0.15) is 0 Å². The first kappa shape index (κ1) is 65.3. The van der Waals surface area contributed by atoms with Crippen molar-refractivity contribution in [3.8, 4) is 50.6 Å². The van der Waals surface area contributed by atoms with E-state index in [9.17, 15) is 14.4 Å². The maximum Gasteiger partial charge on any atom is 0.239 e. The number of likely N-dealkylation sites (N-methyl/N-ethyl adjacent to an activating group) is 3. The predicted octanol–water partition coefficient (Wildman–Crippen LogP) is 13.5. The van der Waals surface area contributed by atoms with Crippen LogP contribution in [0.25, 0.3) is 66.1 Å². The average Bonchev–Trinajstić information content (AvgIpc) is 1.49. The lowest BCUT2D eigenvalue weighted by atomic mass is 9.98. The first-order valence-electron chi connectivity index (χ1n) is 34.0. The monoisotopic (exact) mass is 1260 g/mol. The number of amides is 3. The summed E-state index contributed by atoms with van der Waals surface area (Å²) in [6, 6.07) is 50.3. The summed E-state index contributed by atoms with van der Waals surface area (Å²) >= 11 is 0. The van der Waals surface area contributed by atoms with Gasteiger partial charge in [-0.15, -0.1) is 0 Å². The highest BCUT2D eigenvalue weighted by Crippen LogP contribution is 2.35. The van der Waals surface area contributed by atoms with Gasteiger partial charge in [0.25, 0.3) is 0 Å². The molecule has 8 heterocycles. The lowest BCUT2D eigenvalue weighted by Crippen LogP contribution is -2.48. The summed E-state index contributed by atoms with van der Waals surface area (Å²) in [6.07, 6.45) is 15.5. The molecule has 9 aromatic rings. The van der Waals surface area contributed by atoms with Crippen molar-refractivity contribution >= 4 is 50.4 Å². The van der Waals surface area contributed by atoms with Crippen LogP contribution in [0, 0.1) is 20.8 Å². The van der Waals surface area contributed by atoms with Crippen LogP contribution in [0.5, 0.6) is 17.2 Å². The molecule has 488 valence electrons. The third kappa shape index (κ3) is 15.4. The molecule has 0 saturated carbocycles. The molecule has 5 aliphatic rings. The summed E-state index contributed by atoms with van der Waals surface area (Å²) in [5.74, 6) is 3.47. The van der Waals surface area contributed by atoms with E-state index in [2.05, 4.69) is 175 Å². The number of nitrogens with zero attached hydrogens (tertiary/aromatic N) is 9. The van der Waals surface area contributed by atoms with Crippen molar-refractivity contribution < 1.29 is 28.6 Å². The molecule has 94 heavy (non-hydrogen) atoms. The minimum Gasteiger partial charge on any atom is -0.490 e. The van der Waals surface area contributed by atoms with E-state index in [0.29, 0.717) is 18.4 Å². The van der Waals surface area contributed by atoms with Crippen molar-refractivity contribution in [1.82, 2.24) is 44.4 Å². The summed E-state index contributed by atoms with van der Waals surface area (Å²) in [4.78, 5) is 63.8. The fourth-order valence-corrected chi connectivity index (χ4v) is 14.4. The molecule has 0 unspecified atom stereocenters. The van der Waals surface area contributed by atoms with E-state index in [-0.39, 0.29) is 36.3 Å². The van der Waals surface area contributed by atoms with E-state index >= 15 is 0 Å². The molecular formula is C79H91N9O6. The summed E-state index contributed by atoms with van der Waals surface area (Å²) in [6.45, 7) is 13.6. The minimum absolute atomic E-state index is 0.0776. The number of pyridine rings is 3. The normalized spacial score (nSPS) is 18.4. The Labute approximate surface area is 554 Å². The van der Waals surface area contributed by atoms with Crippen molar-refractivity contribution in [2.45, 2.75) is 115 Å². The number of hydrogen-bond donors (Lipinski definition) is 0. The van der Waals surface area contributed by atoms with Crippen molar-refractivity contribution in [1.29, 1.82) is 0 Å². The maximum absolute atomic E-state index is 12.8. The van der Waals surface area contributed by atoms with Crippen LogP contribution in [-0.2, 0) is 14.4 Å². The van der Waals surface area contributed by atoms with Crippen LogP contribution >= 0.6 is 0 Å². The van der Waals surface area contributed by atoms with Crippen molar-refractivity contribution in [2.75, 3.05) is 87.1 Å². The van der Waals surface area contributed by atoms with Crippen LogP contribution in [0.2, 0.25) is 0 Å². The molecule has 15 nitrogen and oxygen atoms in total. The number of rotatable bonds is 13. The molecule has 15 heteroatoms. The fourth-order valence-electron chi connectivity index (χ4n) is 14.4. The first-order chi connectivity index (χ1) is 45.7. The van der Waals surface area contributed by atoms with Crippen molar-refractivity contribution in [3.05, 3.63) is 181 Å². The molecule has 0 aliphatic carbocycles. The van der Waals surface area contributed by atoms with Gasteiger partial charge in [-0.25, -0.2) is 0 Å². The largest absolute Gasteiger partial charge is 0.490 e. The zero-order chi connectivity index (χ0) is 65.2. The van der Waals surface area contributed by atoms with E-state index in [4.69, 9.17) is 14.2 Å². The number of ether oxygens (including phenoxy) is 3. The Kier molecular flexibility index (Phi) is 20.9. The summed E-state index contributed by atoms with van der Waals surface area (Å²) in [7, 11) is 7.97. The molecule has 5 saturated heterocycles. The number of hydrogen-bond acceptors (Lipinski definition) is 12. The lowest BCUT2D eigenvalue weighted by Gasteiger charge is -2.34. The molecule has 3 amide bonds. The number of carbonyl (C=O) groups is 3. The lowest BCUT2D eigenvalue weighted by molar-refractivity contribution is -0.138. The zero-order valence-corrected chi connectivity index (χ0v) is 55.9. The molecule has 0 bridgehead atoms. The Morgan fingerprint density at radius 1 is 0.404 bits per heavy atom. The van der Waals surface area contributed by atoms with E-state index < -0.39 is 0 Å². The van der Waals surface area contributed by atoms with E-state index in [0.717, 1.165) is 172 Å². The summed E-state index contributed by atoms with van der Waals surface area (Å²) < 4.78 is 18.7. The molecule has 5 aliphatic heterocycles. The van der Waals surface area contributed by atoms with Gasteiger partial charge in [-0.05, 0) is 192 Å². The number of aromatic nitrogens is 3. The maximum atomic E-state index is 12.8. The van der Waals surface area contributed by atoms with E-state index in [1.54, 1.807) is 0 Å². The Hall–Kier alpha value is -8.76. The third-order valence-corrected chi connectivity index (χ3v) is 19.9.